The molecule has 0 radical (unpaired) electrons. The lowest BCUT2D eigenvalue weighted by Crippen LogP contribution is -2.14. The number of rotatable bonds is 10. The van der Waals surface area contributed by atoms with Crippen LogP contribution in [0.5, 0.6) is 0 Å². The van der Waals surface area contributed by atoms with Crippen LogP contribution in [0.15, 0.2) is 12.3 Å². The molecule has 6 nitrogen and oxygen atoms in total. The van der Waals surface area contributed by atoms with E-state index in [2.05, 4.69) is 29.5 Å². The van der Waals surface area contributed by atoms with Gasteiger partial charge in [0, 0.05) is 19.3 Å². The van der Waals surface area contributed by atoms with Gasteiger partial charge in [-0.15, -0.1) is 11.3 Å². The van der Waals surface area contributed by atoms with Crippen LogP contribution in [0.3, 0.4) is 0 Å². The van der Waals surface area contributed by atoms with Crippen LogP contribution in [-0.4, -0.2) is 33.0 Å². The summed E-state index contributed by atoms with van der Waals surface area (Å²) in [7, 11) is 0. The van der Waals surface area contributed by atoms with Crippen molar-refractivity contribution in [2.45, 2.75) is 59.3 Å². The van der Waals surface area contributed by atoms with Gasteiger partial charge in [0.2, 0.25) is 5.95 Å². The number of anilines is 2. The molecule has 0 bridgehead atoms. The molecule has 2 saturated carbocycles. The Morgan fingerprint density at radius 1 is 1.06 bits per heavy atom. The summed E-state index contributed by atoms with van der Waals surface area (Å²) in [6, 6.07) is 2.04. The van der Waals surface area contributed by atoms with Crippen LogP contribution in [0.2, 0.25) is 0 Å². The van der Waals surface area contributed by atoms with Crippen LogP contribution in [-0.2, 0) is 0 Å². The number of nitrogens with one attached hydrogen (secondary N) is 2. The van der Waals surface area contributed by atoms with Crippen molar-refractivity contribution < 1.29 is 0 Å². The van der Waals surface area contributed by atoms with Gasteiger partial charge in [0.1, 0.15) is 16.3 Å². The van der Waals surface area contributed by atoms with Gasteiger partial charge >= 0.3 is 0 Å². The van der Waals surface area contributed by atoms with Crippen molar-refractivity contribution in [3.05, 3.63) is 23.7 Å². The Bertz CT molecular complexity index is 1070. The Hall–Kier alpha value is -2.28. The molecule has 0 aromatic carbocycles. The minimum Gasteiger partial charge on any atom is -0.369 e. The van der Waals surface area contributed by atoms with E-state index in [1.165, 1.54) is 38.5 Å². The maximum atomic E-state index is 4.93. The lowest BCUT2D eigenvalue weighted by molar-refractivity contribution is 0.426. The van der Waals surface area contributed by atoms with E-state index in [4.69, 9.17) is 15.0 Å². The third-order valence-electron chi connectivity index (χ3n) is 6.66. The normalized spacial score (nSPS) is 17.1. The van der Waals surface area contributed by atoms with E-state index in [1.54, 1.807) is 11.3 Å². The summed E-state index contributed by atoms with van der Waals surface area (Å²) < 4.78 is 1.16. The highest BCUT2D eigenvalue weighted by Gasteiger charge is 2.29. The second-order valence-corrected chi connectivity index (χ2v) is 10.2. The Kier molecular flexibility index (Phi) is 5.78. The van der Waals surface area contributed by atoms with Crippen molar-refractivity contribution >= 4 is 33.3 Å². The van der Waals surface area contributed by atoms with Gasteiger partial charge in [-0.1, -0.05) is 13.3 Å². The summed E-state index contributed by atoms with van der Waals surface area (Å²) in [5, 5.41) is 8.08. The number of aromatic nitrogens is 4. The van der Waals surface area contributed by atoms with Gasteiger partial charge in [0.25, 0.3) is 0 Å². The number of pyridine rings is 1. The molecular formula is C24H32N6S. The van der Waals surface area contributed by atoms with Crippen LogP contribution in [0.25, 0.3) is 20.8 Å². The summed E-state index contributed by atoms with van der Waals surface area (Å²) in [5.41, 5.74) is 3.93. The summed E-state index contributed by atoms with van der Waals surface area (Å²) >= 11 is 1.69. The van der Waals surface area contributed by atoms with Gasteiger partial charge in [0.15, 0.2) is 0 Å². The quantitative estimate of drug-likeness (QED) is 0.417. The van der Waals surface area contributed by atoms with E-state index in [0.717, 1.165) is 74.8 Å². The topological polar surface area (TPSA) is 75.6 Å². The highest BCUT2D eigenvalue weighted by Crippen LogP contribution is 2.41. The molecule has 0 saturated heterocycles. The number of nitrogens with zero attached hydrogens (tertiary/aromatic N) is 4. The summed E-state index contributed by atoms with van der Waals surface area (Å²) in [6.07, 6.45) is 9.75. The zero-order valence-electron chi connectivity index (χ0n) is 18.7. The largest absolute Gasteiger partial charge is 0.369 e. The van der Waals surface area contributed by atoms with Crippen molar-refractivity contribution in [2.24, 2.45) is 17.8 Å². The zero-order valence-corrected chi connectivity index (χ0v) is 19.6. The van der Waals surface area contributed by atoms with Crippen molar-refractivity contribution in [3.63, 3.8) is 0 Å². The number of hydrogen-bond donors (Lipinski definition) is 2. The van der Waals surface area contributed by atoms with Crippen molar-refractivity contribution in [2.75, 3.05) is 23.7 Å². The van der Waals surface area contributed by atoms with Crippen LogP contribution in [0, 0.1) is 31.6 Å². The first-order valence-corrected chi connectivity index (χ1v) is 12.5. The molecule has 0 aliphatic heterocycles. The molecule has 0 amide bonds. The minimum atomic E-state index is 0.726. The maximum absolute atomic E-state index is 4.93. The van der Waals surface area contributed by atoms with Gasteiger partial charge < -0.3 is 10.6 Å². The number of fused-ring (bicyclic) bond motifs is 1. The SMILES string of the molecule is CCC(CCNc1nc(NCC2CC2)nc(C)c1-c1nc2c(C)nccc2s1)C1CC1. The number of aryl methyl sites for hydroxylation is 2. The molecule has 3 aromatic heterocycles. The molecule has 5 rings (SSSR count). The lowest BCUT2D eigenvalue weighted by atomic mass is 9.97. The fourth-order valence-electron chi connectivity index (χ4n) is 4.40. The van der Waals surface area contributed by atoms with Crippen LogP contribution in [0.1, 0.15) is 56.8 Å². The molecule has 2 aliphatic carbocycles. The van der Waals surface area contributed by atoms with Gasteiger partial charge in [-0.05, 0) is 69.8 Å². The fraction of sp³-hybridized carbons (Fsp3) is 0.583. The maximum Gasteiger partial charge on any atom is 0.224 e. The monoisotopic (exact) mass is 436 g/mol. The second-order valence-electron chi connectivity index (χ2n) is 9.16. The Morgan fingerprint density at radius 2 is 1.90 bits per heavy atom. The molecule has 2 aliphatic rings. The standard InChI is InChI=1S/C24H32N6S/c1-4-17(18-7-8-18)9-11-26-22-20(14(2)28-24(30-22)27-13-16-5-6-16)23-29-21-15(3)25-12-10-19(21)31-23/h10,12,16-18H,4-9,11,13H2,1-3H3,(H2,26,27,28,30). The van der Waals surface area contributed by atoms with Crippen molar-refractivity contribution in [1.29, 1.82) is 0 Å². The second kappa shape index (κ2) is 8.69. The Labute approximate surface area is 188 Å². The highest BCUT2D eigenvalue weighted by atomic mass is 32.1. The molecule has 2 fully saturated rings. The molecule has 3 aromatic rings. The average molecular weight is 437 g/mol. The Morgan fingerprint density at radius 3 is 2.61 bits per heavy atom. The molecule has 2 N–H and O–H groups in total. The molecule has 1 atom stereocenters. The van der Waals surface area contributed by atoms with Crippen LogP contribution >= 0.6 is 11.3 Å². The molecule has 164 valence electrons. The van der Waals surface area contributed by atoms with E-state index >= 15 is 0 Å². The van der Waals surface area contributed by atoms with Crippen LogP contribution < -0.4 is 10.6 Å². The first kappa shape index (κ1) is 20.6. The third-order valence-corrected chi connectivity index (χ3v) is 7.70. The summed E-state index contributed by atoms with van der Waals surface area (Å²) in [4.78, 5) is 19.0. The van der Waals surface area contributed by atoms with Gasteiger partial charge in [-0.3, -0.25) is 4.98 Å². The van der Waals surface area contributed by atoms with Crippen molar-refractivity contribution in [1.82, 2.24) is 19.9 Å². The molecular weight excluding hydrogens is 404 g/mol. The van der Waals surface area contributed by atoms with Gasteiger partial charge in [-0.2, -0.15) is 4.98 Å². The predicted molar refractivity (Wildman–Crippen MR) is 129 cm³/mol. The summed E-state index contributed by atoms with van der Waals surface area (Å²) in [5.74, 6) is 4.17. The number of thiazole rings is 1. The average Bonchev–Trinajstić information content (AvgIpc) is 3.68. The van der Waals surface area contributed by atoms with E-state index in [0.29, 0.717) is 0 Å². The van der Waals surface area contributed by atoms with Gasteiger partial charge in [-0.25, -0.2) is 9.97 Å². The predicted octanol–water partition coefficient (Wildman–Crippen LogP) is 5.83. The first-order valence-electron chi connectivity index (χ1n) is 11.7. The van der Waals surface area contributed by atoms with Gasteiger partial charge in [0.05, 0.1) is 21.7 Å². The first-order chi connectivity index (χ1) is 15.1. The third kappa shape index (κ3) is 4.66. The van der Waals surface area contributed by atoms with E-state index in [1.807, 2.05) is 19.2 Å². The molecule has 7 heteroatoms. The zero-order chi connectivity index (χ0) is 21.4. The van der Waals surface area contributed by atoms with E-state index in [-0.39, 0.29) is 0 Å². The smallest absolute Gasteiger partial charge is 0.224 e. The highest BCUT2D eigenvalue weighted by molar-refractivity contribution is 7.21. The lowest BCUT2D eigenvalue weighted by Gasteiger charge is -2.17. The number of hydrogen-bond acceptors (Lipinski definition) is 7. The molecule has 1 unspecified atom stereocenters. The summed E-state index contributed by atoms with van der Waals surface area (Å²) in [6.45, 7) is 8.30. The Balaban J connectivity index is 1.44. The molecule has 31 heavy (non-hydrogen) atoms. The van der Waals surface area contributed by atoms with Crippen molar-refractivity contribution in [3.8, 4) is 10.6 Å². The van der Waals surface area contributed by atoms with E-state index in [9.17, 15) is 0 Å². The molecule has 0 spiro atoms. The van der Waals surface area contributed by atoms with E-state index < -0.39 is 0 Å². The fourth-order valence-corrected chi connectivity index (χ4v) is 5.51. The minimum absolute atomic E-state index is 0.726. The molecule has 3 heterocycles. The van der Waals surface area contributed by atoms with Crippen LogP contribution in [0.4, 0.5) is 11.8 Å².